The first-order chi connectivity index (χ1) is 14.1. The van der Waals surface area contributed by atoms with Crippen molar-refractivity contribution in [2.75, 3.05) is 21.3 Å². The van der Waals surface area contributed by atoms with Crippen LogP contribution in [0.15, 0.2) is 36.5 Å². The maximum atomic E-state index is 12.7. The summed E-state index contributed by atoms with van der Waals surface area (Å²) >= 11 is 0. The molecule has 1 N–H and O–H groups in total. The molecule has 2 heterocycles. The zero-order valence-corrected chi connectivity index (χ0v) is 16.8. The van der Waals surface area contributed by atoms with Crippen LogP contribution in [0.2, 0.25) is 0 Å². The van der Waals surface area contributed by atoms with Crippen molar-refractivity contribution >= 4 is 5.91 Å². The van der Waals surface area contributed by atoms with Gasteiger partial charge in [-0.15, -0.1) is 10.2 Å². The van der Waals surface area contributed by atoms with Gasteiger partial charge in [-0.2, -0.15) is 5.10 Å². The smallest absolute Gasteiger partial charge is 0.255 e. The van der Waals surface area contributed by atoms with Gasteiger partial charge in [-0.25, -0.2) is 4.68 Å². The van der Waals surface area contributed by atoms with Gasteiger partial charge in [0.15, 0.2) is 17.3 Å². The van der Waals surface area contributed by atoms with E-state index >= 15 is 0 Å². The summed E-state index contributed by atoms with van der Waals surface area (Å²) in [7, 11) is 4.68. The van der Waals surface area contributed by atoms with E-state index in [1.807, 2.05) is 19.1 Å². The highest BCUT2D eigenvalue weighted by Gasteiger charge is 2.18. The molecule has 0 fully saturated rings. The molecular weight excluding hydrogens is 374 g/mol. The Balaban J connectivity index is 1.76. The number of carbonyl (C=O) groups excluding carboxylic acids is 1. The first-order valence-electron chi connectivity index (χ1n) is 9.05. The lowest BCUT2D eigenvalue weighted by Gasteiger charge is -2.11. The molecule has 3 aromatic rings. The van der Waals surface area contributed by atoms with Crippen molar-refractivity contribution in [2.45, 2.75) is 19.9 Å². The number of nitrogens with one attached hydrogen (secondary N) is 1. The standard InChI is InChI=1S/C20H23N5O4/c1-5-15-14(12-22-25(15)18-8-9-19(29-4)24-23-18)20(26)21-11-13-6-7-16(27-2)17(10-13)28-3/h6-10,12H,5,11H2,1-4H3,(H,21,26). The van der Waals surface area contributed by atoms with Crippen LogP contribution < -0.4 is 19.5 Å². The van der Waals surface area contributed by atoms with Crippen LogP contribution in [0.1, 0.15) is 28.5 Å². The molecule has 0 saturated heterocycles. The van der Waals surface area contributed by atoms with E-state index in [4.69, 9.17) is 14.2 Å². The van der Waals surface area contributed by atoms with Gasteiger partial charge < -0.3 is 19.5 Å². The molecule has 0 unspecified atom stereocenters. The summed E-state index contributed by atoms with van der Waals surface area (Å²) in [4.78, 5) is 12.7. The molecule has 2 aromatic heterocycles. The van der Waals surface area contributed by atoms with Crippen molar-refractivity contribution in [1.29, 1.82) is 0 Å². The number of hydrogen-bond donors (Lipinski definition) is 1. The number of benzene rings is 1. The van der Waals surface area contributed by atoms with Crippen LogP contribution in [0, 0.1) is 0 Å². The molecular formula is C20H23N5O4. The quantitative estimate of drug-likeness (QED) is 0.622. The van der Waals surface area contributed by atoms with E-state index in [0.717, 1.165) is 11.3 Å². The average Bonchev–Trinajstić information content (AvgIpc) is 3.21. The molecule has 0 saturated carbocycles. The fourth-order valence-corrected chi connectivity index (χ4v) is 2.90. The first kappa shape index (κ1) is 20.1. The van der Waals surface area contributed by atoms with E-state index in [2.05, 4.69) is 20.6 Å². The normalized spacial score (nSPS) is 10.5. The van der Waals surface area contributed by atoms with Crippen LogP contribution in [0.5, 0.6) is 17.4 Å². The summed E-state index contributed by atoms with van der Waals surface area (Å²) in [6, 6.07) is 8.94. The Morgan fingerprint density at radius 3 is 2.45 bits per heavy atom. The van der Waals surface area contributed by atoms with Crippen LogP contribution in [0.25, 0.3) is 5.82 Å². The Labute approximate surface area is 168 Å². The molecule has 1 aromatic carbocycles. The minimum atomic E-state index is -0.218. The zero-order chi connectivity index (χ0) is 20.8. The molecule has 0 radical (unpaired) electrons. The largest absolute Gasteiger partial charge is 0.493 e. The first-order valence-corrected chi connectivity index (χ1v) is 9.05. The molecule has 29 heavy (non-hydrogen) atoms. The molecule has 3 rings (SSSR count). The molecule has 9 heteroatoms. The number of nitrogens with zero attached hydrogens (tertiary/aromatic N) is 4. The number of rotatable bonds is 8. The van der Waals surface area contributed by atoms with Gasteiger partial charge in [0.05, 0.1) is 38.8 Å². The van der Waals surface area contributed by atoms with Crippen LogP contribution in [0.4, 0.5) is 0 Å². The summed E-state index contributed by atoms with van der Waals surface area (Å²) in [5.41, 5.74) is 2.13. The highest BCUT2D eigenvalue weighted by Crippen LogP contribution is 2.27. The fraction of sp³-hybridized carbons (Fsp3) is 0.300. The van der Waals surface area contributed by atoms with E-state index in [1.165, 1.54) is 13.3 Å². The van der Waals surface area contributed by atoms with Gasteiger partial charge in [-0.1, -0.05) is 13.0 Å². The lowest BCUT2D eigenvalue weighted by atomic mass is 10.1. The predicted molar refractivity (Wildman–Crippen MR) is 106 cm³/mol. The Hall–Kier alpha value is -3.62. The third-order valence-electron chi connectivity index (χ3n) is 4.40. The lowest BCUT2D eigenvalue weighted by molar-refractivity contribution is 0.0950. The molecule has 0 bridgehead atoms. The zero-order valence-electron chi connectivity index (χ0n) is 16.8. The summed E-state index contributed by atoms with van der Waals surface area (Å²) in [6.07, 6.45) is 2.14. The van der Waals surface area contributed by atoms with Crippen molar-refractivity contribution in [2.24, 2.45) is 0 Å². The number of aromatic nitrogens is 4. The predicted octanol–water partition coefficient (Wildman–Crippen LogP) is 2.18. The third-order valence-corrected chi connectivity index (χ3v) is 4.40. The summed E-state index contributed by atoms with van der Waals surface area (Å²) in [6.45, 7) is 2.30. The Morgan fingerprint density at radius 1 is 1.03 bits per heavy atom. The molecule has 0 spiro atoms. The maximum absolute atomic E-state index is 12.7. The SMILES string of the molecule is CCc1c(C(=O)NCc2ccc(OC)c(OC)c2)cnn1-c1ccc(OC)nn1. The van der Waals surface area contributed by atoms with Gasteiger partial charge in [-0.3, -0.25) is 4.79 Å². The van der Waals surface area contributed by atoms with Crippen molar-refractivity contribution in [3.63, 3.8) is 0 Å². The van der Waals surface area contributed by atoms with Gasteiger partial charge >= 0.3 is 0 Å². The van der Waals surface area contributed by atoms with Gasteiger partial charge in [0.1, 0.15) is 0 Å². The Bertz CT molecular complexity index is 985. The minimum absolute atomic E-state index is 0.218. The van der Waals surface area contributed by atoms with E-state index < -0.39 is 0 Å². The molecule has 0 aliphatic carbocycles. The Morgan fingerprint density at radius 2 is 1.83 bits per heavy atom. The van der Waals surface area contributed by atoms with Crippen LogP contribution in [-0.2, 0) is 13.0 Å². The van der Waals surface area contributed by atoms with Crippen molar-refractivity contribution < 1.29 is 19.0 Å². The second-order valence-corrected chi connectivity index (χ2v) is 6.08. The molecule has 9 nitrogen and oxygen atoms in total. The summed E-state index contributed by atoms with van der Waals surface area (Å²) in [5.74, 6) is 1.95. The number of methoxy groups -OCH3 is 3. The van der Waals surface area contributed by atoms with Crippen LogP contribution in [-0.4, -0.2) is 47.2 Å². The third kappa shape index (κ3) is 4.29. The number of carbonyl (C=O) groups is 1. The van der Waals surface area contributed by atoms with Crippen molar-refractivity contribution in [3.05, 3.63) is 53.3 Å². The monoisotopic (exact) mass is 397 g/mol. The maximum Gasteiger partial charge on any atom is 0.255 e. The van der Waals surface area contributed by atoms with Crippen LogP contribution in [0.3, 0.4) is 0 Å². The topological polar surface area (TPSA) is 100 Å². The summed E-state index contributed by atoms with van der Waals surface area (Å²) in [5, 5.41) is 15.3. The van der Waals surface area contributed by atoms with Gasteiger partial charge in [0.25, 0.3) is 5.91 Å². The van der Waals surface area contributed by atoms with Crippen molar-refractivity contribution in [1.82, 2.24) is 25.3 Å². The molecule has 1 amide bonds. The van der Waals surface area contributed by atoms with E-state index in [-0.39, 0.29) is 5.91 Å². The molecule has 0 aliphatic rings. The highest BCUT2D eigenvalue weighted by molar-refractivity contribution is 5.95. The second-order valence-electron chi connectivity index (χ2n) is 6.08. The fourth-order valence-electron chi connectivity index (χ4n) is 2.90. The van der Waals surface area contributed by atoms with Crippen molar-refractivity contribution in [3.8, 4) is 23.2 Å². The van der Waals surface area contributed by atoms with Gasteiger partial charge in [0.2, 0.25) is 5.88 Å². The molecule has 0 atom stereocenters. The molecule has 152 valence electrons. The molecule has 0 aliphatic heterocycles. The van der Waals surface area contributed by atoms with Crippen LogP contribution >= 0.6 is 0 Å². The highest BCUT2D eigenvalue weighted by atomic mass is 16.5. The average molecular weight is 397 g/mol. The Kier molecular flexibility index (Phi) is 6.28. The lowest BCUT2D eigenvalue weighted by Crippen LogP contribution is -2.24. The van der Waals surface area contributed by atoms with E-state index in [1.54, 1.807) is 37.1 Å². The van der Waals surface area contributed by atoms with E-state index in [0.29, 0.717) is 41.7 Å². The minimum Gasteiger partial charge on any atom is -0.493 e. The number of amides is 1. The second kappa shape index (κ2) is 9.05. The van der Waals surface area contributed by atoms with Gasteiger partial charge in [-0.05, 0) is 30.2 Å². The number of ether oxygens (including phenoxy) is 3. The van der Waals surface area contributed by atoms with E-state index in [9.17, 15) is 4.79 Å². The summed E-state index contributed by atoms with van der Waals surface area (Å²) < 4.78 is 17.2. The number of hydrogen-bond acceptors (Lipinski definition) is 7. The van der Waals surface area contributed by atoms with Gasteiger partial charge in [0, 0.05) is 12.6 Å².